The molecule has 0 saturated heterocycles. The molecule has 0 spiro atoms. The van der Waals surface area contributed by atoms with Crippen molar-refractivity contribution in [3.63, 3.8) is 0 Å². The number of hydrogen-bond acceptors (Lipinski definition) is 5. The van der Waals surface area contributed by atoms with E-state index in [1.807, 2.05) is 18.7 Å². The largest absolute Gasteiger partial charge is 0.383 e. The number of anilines is 1. The van der Waals surface area contributed by atoms with Gasteiger partial charge in [0.15, 0.2) is 0 Å². The van der Waals surface area contributed by atoms with Gasteiger partial charge < -0.3 is 11.5 Å². The van der Waals surface area contributed by atoms with Crippen molar-refractivity contribution >= 4 is 17.6 Å². The van der Waals surface area contributed by atoms with Crippen molar-refractivity contribution in [2.24, 2.45) is 5.73 Å². The van der Waals surface area contributed by atoms with Gasteiger partial charge in [0.05, 0.1) is 11.7 Å². The standard InChI is InChI=1S/C8H12N4S/c1-4(9)8-11-6-3-13-2-5(6)7(10)12-8/h4H,2-3,9H2,1H3,(H2,10,11,12). The van der Waals surface area contributed by atoms with Crippen LogP contribution in [-0.2, 0) is 11.5 Å². The molecule has 0 aliphatic carbocycles. The van der Waals surface area contributed by atoms with Crippen molar-refractivity contribution in [2.75, 3.05) is 5.73 Å². The van der Waals surface area contributed by atoms with Crippen LogP contribution in [-0.4, -0.2) is 9.97 Å². The Morgan fingerprint density at radius 3 is 2.85 bits per heavy atom. The SMILES string of the molecule is CC(N)c1nc(N)c2c(n1)CSC2. The van der Waals surface area contributed by atoms with Crippen LogP contribution in [0, 0.1) is 0 Å². The minimum absolute atomic E-state index is 0.141. The second-order valence-corrected chi connectivity index (χ2v) is 4.16. The van der Waals surface area contributed by atoms with E-state index in [1.54, 1.807) is 0 Å². The van der Waals surface area contributed by atoms with Crippen LogP contribution < -0.4 is 11.5 Å². The fourth-order valence-corrected chi connectivity index (χ4v) is 2.35. The zero-order chi connectivity index (χ0) is 9.42. The molecule has 0 fully saturated rings. The summed E-state index contributed by atoms with van der Waals surface area (Å²) in [5.74, 6) is 3.11. The lowest BCUT2D eigenvalue weighted by Crippen LogP contribution is -2.13. The molecule has 0 aromatic carbocycles. The third kappa shape index (κ3) is 1.49. The van der Waals surface area contributed by atoms with Crippen LogP contribution in [0.1, 0.15) is 30.0 Å². The Labute approximate surface area is 81.1 Å². The van der Waals surface area contributed by atoms with Gasteiger partial charge in [-0.1, -0.05) is 0 Å². The maximum Gasteiger partial charge on any atom is 0.147 e. The van der Waals surface area contributed by atoms with E-state index in [9.17, 15) is 0 Å². The van der Waals surface area contributed by atoms with Gasteiger partial charge in [-0.3, -0.25) is 0 Å². The molecule has 2 rings (SSSR count). The molecule has 70 valence electrons. The van der Waals surface area contributed by atoms with E-state index in [1.165, 1.54) is 0 Å². The predicted molar refractivity (Wildman–Crippen MR) is 54.0 cm³/mol. The van der Waals surface area contributed by atoms with Crippen molar-refractivity contribution in [3.8, 4) is 0 Å². The fraction of sp³-hybridized carbons (Fsp3) is 0.500. The van der Waals surface area contributed by atoms with E-state index in [4.69, 9.17) is 11.5 Å². The molecule has 1 aliphatic heterocycles. The highest BCUT2D eigenvalue weighted by molar-refractivity contribution is 7.98. The molecule has 1 aromatic rings. The summed E-state index contributed by atoms with van der Waals surface area (Å²) in [4.78, 5) is 8.55. The zero-order valence-electron chi connectivity index (χ0n) is 7.45. The lowest BCUT2D eigenvalue weighted by Gasteiger charge is -2.07. The molecule has 1 atom stereocenters. The Hall–Kier alpha value is -0.810. The van der Waals surface area contributed by atoms with Crippen molar-refractivity contribution in [1.29, 1.82) is 0 Å². The minimum atomic E-state index is -0.141. The number of nitrogens with zero attached hydrogens (tertiary/aromatic N) is 2. The van der Waals surface area contributed by atoms with Gasteiger partial charge in [0.1, 0.15) is 11.6 Å². The number of thioether (sulfide) groups is 1. The Morgan fingerprint density at radius 2 is 2.15 bits per heavy atom. The highest BCUT2D eigenvalue weighted by Crippen LogP contribution is 2.31. The van der Waals surface area contributed by atoms with Gasteiger partial charge >= 0.3 is 0 Å². The monoisotopic (exact) mass is 196 g/mol. The molecule has 0 radical (unpaired) electrons. The third-order valence-corrected chi connectivity index (χ3v) is 3.00. The summed E-state index contributed by atoms with van der Waals surface area (Å²) in [6, 6.07) is -0.141. The fourth-order valence-electron chi connectivity index (χ4n) is 1.30. The average Bonchev–Trinajstić information content (AvgIpc) is 2.51. The van der Waals surface area contributed by atoms with Crippen LogP contribution in [0.3, 0.4) is 0 Å². The number of nitrogen functional groups attached to an aromatic ring is 1. The van der Waals surface area contributed by atoms with Crippen LogP contribution in [0.15, 0.2) is 0 Å². The molecular weight excluding hydrogens is 184 g/mol. The summed E-state index contributed by atoms with van der Waals surface area (Å²) in [6.07, 6.45) is 0. The molecule has 1 aliphatic rings. The van der Waals surface area contributed by atoms with Gasteiger partial charge in [-0.2, -0.15) is 11.8 Å². The molecule has 4 nitrogen and oxygen atoms in total. The maximum absolute atomic E-state index is 5.79. The lowest BCUT2D eigenvalue weighted by molar-refractivity contribution is 0.733. The number of rotatable bonds is 1. The van der Waals surface area contributed by atoms with Crippen LogP contribution in [0.4, 0.5) is 5.82 Å². The molecule has 0 bridgehead atoms. The Balaban J connectivity index is 2.49. The molecule has 1 aromatic heterocycles. The van der Waals surface area contributed by atoms with Crippen molar-refractivity contribution < 1.29 is 0 Å². The first-order valence-corrected chi connectivity index (χ1v) is 5.32. The predicted octanol–water partition coefficient (Wildman–Crippen LogP) is 0.825. The average molecular weight is 196 g/mol. The topological polar surface area (TPSA) is 77.8 Å². The van der Waals surface area contributed by atoms with E-state index in [0.717, 1.165) is 22.8 Å². The van der Waals surface area contributed by atoms with Gasteiger partial charge in [-0.15, -0.1) is 0 Å². The first-order valence-electron chi connectivity index (χ1n) is 4.17. The van der Waals surface area contributed by atoms with Crippen LogP contribution in [0.25, 0.3) is 0 Å². The van der Waals surface area contributed by atoms with E-state index < -0.39 is 0 Å². The van der Waals surface area contributed by atoms with E-state index >= 15 is 0 Å². The first-order chi connectivity index (χ1) is 6.18. The van der Waals surface area contributed by atoms with Gasteiger partial charge in [0.2, 0.25) is 0 Å². The molecular formula is C8H12N4S. The zero-order valence-corrected chi connectivity index (χ0v) is 8.27. The van der Waals surface area contributed by atoms with E-state index in [-0.39, 0.29) is 6.04 Å². The molecule has 0 saturated carbocycles. The Kier molecular flexibility index (Phi) is 2.13. The van der Waals surface area contributed by atoms with Gasteiger partial charge in [-0.05, 0) is 6.92 Å². The first kappa shape index (κ1) is 8.77. The summed E-state index contributed by atoms with van der Waals surface area (Å²) in [7, 11) is 0. The maximum atomic E-state index is 5.79. The van der Waals surface area contributed by atoms with Crippen LogP contribution >= 0.6 is 11.8 Å². The third-order valence-electron chi connectivity index (χ3n) is 2.03. The Morgan fingerprint density at radius 1 is 1.38 bits per heavy atom. The lowest BCUT2D eigenvalue weighted by atomic mass is 10.2. The number of aromatic nitrogens is 2. The molecule has 1 unspecified atom stereocenters. The number of hydrogen-bond donors (Lipinski definition) is 2. The summed E-state index contributed by atoms with van der Waals surface area (Å²) in [5, 5.41) is 0. The molecule has 13 heavy (non-hydrogen) atoms. The van der Waals surface area contributed by atoms with Gasteiger partial charge in [-0.25, -0.2) is 9.97 Å². The molecule has 5 heteroatoms. The summed E-state index contributed by atoms with van der Waals surface area (Å²) in [6.45, 7) is 1.86. The van der Waals surface area contributed by atoms with Gasteiger partial charge in [0.25, 0.3) is 0 Å². The van der Waals surface area contributed by atoms with E-state index in [2.05, 4.69) is 9.97 Å². The van der Waals surface area contributed by atoms with E-state index in [0.29, 0.717) is 11.6 Å². The van der Waals surface area contributed by atoms with Gasteiger partial charge in [0, 0.05) is 17.1 Å². The summed E-state index contributed by atoms with van der Waals surface area (Å²) >= 11 is 1.81. The molecule has 2 heterocycles. The molecule has 0 amide bonds. The van der Waals surface area contributed by atoms with Crippen molar-refractivity contribution in [1.82, 2.24) is 9.97 Å². The number of fused-ring (bicyclic) bond motifs is 1. The summed E-state index contributed by atoms with van der Waals surface area (Å²) in [5.41, 5.74) is 13.6. The van der Waals surface area contributed by atoms with Crippen molar-refractivity contribution in [2.45, 2.75) is 24.5 Å². The number of nitrogens with two attached hydrogens (primary N) is 2. The van der Waals surface area contributed by atoms with Crippen LogP contribution in [0.2, 0.25) is 0 Å². The smallest absolute Gasteiger partial charge is 0.147 e. The second kappa shape index (κ2) is 3.16. The highest BCUT2D eigenvalue weighted by Gasteiger charge is 2.18. The Bertz CT molecular complexity index is 337. The van der Waals surface area contributed by atoms with Crippen LogP contribution in [0.5, 0.6) is 0 Å². The molecule has 4 N–H and O–H groups in total. The quantitative estimate of drug-likeness (QED) is 0.695. The summed E-state index contributed by atoms with van der Waals surface area (Å²) < 4.78 is 0. The highest BCUT2D eigenvalue weighted by atomic mass is 32.2. The minimum Gasteiger partial charge on any atom is -0.383 e. The second-order valence-electron chi connectivity index (χ2n) is 3.17. The normalized spacial score (nSPS) is 17.1. The van der Waals surface area contributed by atoms with Crippen molar-refractivity contribution in [3.05, 3.63) is 17.1 Å².